The SMILES string of the molecule is Cc1sc2nc(N)nn2c1C(C)C. The predicted molar refractivity (Wildman–Crippen MR) is 54.1 cm³/mol. The van der Waals surface area contributed by atoms with Crippen LogP contribution in [0.1, 0.15) is 30.3 Å². The van der Waals surface area contributed by atoms with Gasteiger partial charge in [0.1, 0.15) is 0 Å². The molecule has 0 atom stereocenters. The minimum atomic E-state index is 0.355. The first-order chi connectivity index (χ1) is 6.09. The maximum Gasteiger partial charge on any atom is 0.241 e. The molecule has 13 heavy (non-hydrogen) atoms. The third-order valence-electron chi connectivity index (χ3n) is 1.97. The summed E-state index contributed by atoms with van der Waals surface area (Å²) in [5.41, 5.74) is 6.73. The van der Waals surface area contributed by atoms with Gasteiger partial charge in [-0.15, -0.1) is 5.10 Å². The predicted octanol–water partition coefficient (Wildman–Crippen LogP) is 1.80. The Kier molecular flexibility index (Phi) is 1.76. The van der Waals surface area contributed by atoms with Gasteiger partial charge in [0.15, 0.2) is 0 Å². The average molecular weight is 196 g/mol. The molecule has 2 aromatic rings. The Hall–Kier alpha value is -1.10. The van der Waals surface area contributed by atoms with E-state index in [0.717, 1.165) is 4.96 Å². The highest BCUT2D eigenvalue weighted by Crippen LogP contribution is 2.27. The van der Waals surface area contributed by atoms with Crippen LogP contribution < -0.4 is 5.73 Å². The summed E-state index contributed by atoms with van der Waals surface area (Å²) >= 11 is 1.64. The molecule has 0 amide bonds. The fourth-order valence-electron chi connectivity index (χ4n) is 1.53. The van der Waals surface area contributed by atoms with Crippen molar-refractivity contribution in [1.29, 1.82) is 0 Å². The molecule has 0 saturated carbocycles. The van der Waals surface area contributed by atoms with E-state index in [1.165, 1.54) is 10.6 Å². The summed E-state index contributed by atoms with van der Waals surface area (Å²) in [5.74, 6) is 0.808. The third kappa shape index (κ3) is 1.19. The number of fused-ring (bicyclic) bond motifs is 1. The Labute approximate surface area is 80.4 Å². The standard InChI is InChI=1S/C8H12N4S/c1-4(2)6-5(3)13-8-10-7(9)11-12(6)8/h4H,1-3H3,(H2,9,11). The van der Waals surface area contributed by atoms with Crippen LogP contribution in [0.25, 0.3) is 4.96 Å². The second kappa shape index (κ2) is 2.70. The van der Waals surface area contributed by atoms with E-state index >= 15 is 0 Å². The molecular weight excluding hydrogens is 184 g/mol. The van der Waals surface area contributed by atoms with Crippen molar-refractivity contribution in [2.24, 2.45) is 0 Å². The molecule has 2 aromatic heterocycles. The molecule has 0 aliphatic carbocycles. The number of hydrogen-bond acceptors (Lipinski definition) is 4. The lowest BCUT2D eigenvalue weighted by Gasteiger charge is -2.02. The summed E-state index contributed by atoms with van der Waals surface area (Å²) in [6.45, 7) is 6.38. The van der Waals surface area contributed by atoms with Crippen molar-refractivity contribution in [2.75, 3.05) is 5.73 Å². The average Bonchev–Trinajstić information content (AvgIpc) is 2.41. The Morgan fingerprint density at radius 2 is 2.15 bits per heavy atom. The lowest BCUT2D eigenvalue weighted by molar-refractivity contribution is 0.762. The first-order valence-electron chi connectivity index (χ1n) is 4.21. The van der Waals surface area contributed by atoms with Crippen LogP contribution in [0.5, 0.6) is 0 Å². The van der Waals surface area contributed by atoms with E-state index in [2.05, 4.69) is 30.9 Å². The molecule has 2 rings (SSSR count). The van der Waals surface area contributed by atoms with Gasteiger partial charge >= 0.3 is 0 Å². The van der Waals surface area contributed by atoms with Crippen LogP contribution in [-0.2, 0) is 0 Å². The molecule has 5 heteroatoms. The number of nitrogen functional groups attached to an aromatic ring is 1. The van der Waals surface area contributed by atoms with Crippen LogP contribution in [0.3, 0.4) is 0 Å². The van der Waals surface area contributed by atoms with Gasteiger partial charge in [0.05, 0.1) is 5.69 Å². The van der Waals surface area contributed by atoms with Gasteiger partial charge in [0, 0.05) is 4.88 Å². The van der Waals surface area contributed by atoms with Gasteiger partial charge in [0.2, 0.25) is 10.9 Å². The fraction of sp³-hybridized carbons (Fsp3) is 0.500. The normalized spacial score (nSPS) is 11.7. The van der Waals surface area contributed by atoms with Crippen molar-refractivity contribution in [2.45, 2.75) is 26.7 Å². The highest BCUT2D eigenvalue weighted by Gasteiger charge is 2.14. The van der Waals surface area contributed by atoms with E-state index in [-0.39, 0.29) is 0 Å². The Balaban J connectivity index is 2.75. The minimum absolute atomic E-state index is 0.355. The highest BCUT2D eigenvalue weighted by atomic mass is 32.1. The van der Waals surface area contributed by atoms with Crippen molar-refractivity contribution < 1.29 is 0 Å². The molecule has 0 aliphatic heterocycles. The second-order valence-corrected chi connectivity index (χ2v) is 4.54. The van der Waals surface area contributed by atoms with E-state index in [9.17, 15) is 0 Å². The molecule has 0 saturated heterocycles. The molecule has 0 aromatic carbocycles. The zero-order valence-electron chi connectivity index (χ0n) is 7.90. The fourth-order valence-corrected chi connectivity index (χ4v) is 2.59. The second-order valence-electron chi connectivity index (χ2n) is 3.36. The molecule has 70 valence electrons. The summed E-state index contributed by atoms with van der Waals surface area (Å²) in [6.07, 6.45) is 0. The van der Waals surface area contributed by atoms with Gasteiger partial charge in [0.25, 0.3) is 0 Å². The molecule has 4 nitrogen and oxygen atoms in total. The lowest BCUT2D eigenvalue weighted by atomic mass is 10.1. The molecule has 2 heterocycles. The number of thiazole rings is 1. The molecule has 2 N–H and O–H groups in total. The van der Waals surface area contributed by atoms with Crippen molar-refractivity contribution in [3.05, 3.63) is 10.6 Å². The quantitative estimate of drug-likeness (QED) is 0.756. The number of rotatable bonds is 1. The summed E-state index contributed by atoms with van der Waals surface area (Å²) in [4.78, 5) is 6.28. The number of aromatic nitrogens is 3. The van der Waals surface area contributed by atoms with E-state index in [0.29, 0.717) is 11.9 Å². The maximum atomic E-state index is 5.52. The van der Waals surface area contributed by atoms with Crippen LogP contribution in [0.15, 0.2) is 0 Å². The Morgan fingerprint density at radius 1 is 1.46 bits per heavy atom. The minimum Gasteiger partial charge on any atom is -0.366 e. The van der Waals surface area contributed by atoms with Gasteiger partial charge in [-0.05, 0) is 12.8 Å². The van der Waals surface area contributed by atoms with Gasteiger partial charge < -0.3 is 5.73 Å². The van der Waals surface area contributed by atoms with Crippen LogP contribution in [0.4, 0.5) is 5.95 Å². The van der Waals surface area contributed by atoms with E-state index in [1.54, 1.807) is 11.3 Å². The molecule has 0 aliphatic rings. The maximum absolute atomic E-state index is 5.52. The number of anilines is 1. The van der Waals surface area contributed by atoms with Gasteiger partial charge in [-0.1, -0.05) is 25.2 Å². The molecule has 0 fully saturated rings. The van der Waals surface area contributed by atoms with Crippen LogP contribution in [0, 0.1) is 6.92 Å². The lowest BCUT2D eigenvalue weighted by Crippen LogP contribution is -1.98. The summed E-state index contributed by atoms with van der Waals surface area (Å²) in [5, 5.41) is 4.15. The van der Waals surface area contributed by atoms with Gasteiger partial charge in [-0.25, -0.2) is 4.52 Å². The van der Waals surface area contributed by atoms with E-state index in [1.807, 2.05) is 4.52 Å². The summed E-state index contributed by atoms with van der Waals surface area (Å²) in [7, 11) is 0. The topological polar surface area (TPSA) is 56.2 Å². The number of aryl methyl sites for hydroxylation is 1. The van der Waals surface area contributed by atoms with Crippen molar-refractivity contribution in [1.82, 2.24) is 14.6 Å². The van der Waals surface area contributed by atoms with Crippen molar-refractivity contribution >= 4 is 22.2 Å². The number of hydrogen-bond donors (Lipinski definition) is 1. The highest BCUT2D eigenvalue weighted by molar-refractivity contribution is 7.17. The van der Waals surface area contributed by atoms with E-state index in [4.69, 9.17) is 5.73 Å². The summed E-state index contributed by atoms with van der Waals surface area (Å²) < 4.78 is 1.85. The number of nitrogens with two attached hydrogens (primary N) is 1. The molecule has 0 bridgehead atoms. The van der Waals surface area contributed by atoms with Gasteiger partial charge in [-0.3, -0.25) is 0 Å². The van der Waals surface area contributed by atoms with E-state index < -0.39 is 0 Å². The number of nitrogens with zero attached hydrogens (tertiary/aromatic N) is 3. The molecule has 0 unspecified atom stereocenters. The summed E-state index contributed by atoms with van der Waals surface area (Å²) in [6, 6.07) is 0. The zero-order valence-corrected chi connectivity index (χ0v) is 8.72. The van der Waals surface area contributed by atoms with Crippen LogP contribution in [-0.4, -0.2) is 14.6 Å². The van der Waals surface area contributed by atoms with Crippen LogP contribution in [0.2, 0.25) is 0 Å². The smallest absolute Gasteiger partial charge is 0.241 e. The molecular formula is C8H12N4S. The van der Waals surface area contributed by atoms with Crippen molar-refractivity contribution in [3.63, 3.8) is 0 Å². The Morgan fingerprint density at radius 3 is 2.77 bits per heavy atom. The Bertz CT molecular complexity index is 440. The first kappa shape index (κ1) is 8.50. The zero-order chi connectivity index (χ0) is 9.59. The monoisotopic (exact) mass is 196 g/mol. The first-order valence-corrected chi connectivity index (χ1v) is 5.02. The third-order valence-corrected chi connectivity index (χ3v) is 2.94. The van der Waals surface area contributed by atoms with Gasteiger partial charge in [-0.2, -0.15) is 4.98 Å². The van der Waals surface area contributed by atoms with Crippen LogP contribution >= 0.6 is 11.3 Å². The largest absolute Gasteiger partial charge is 0.366 e. The molecule has 0 radical (unpaired) electrons. The molecule has 0 spiro atoms. The van der Waals surface area contributed by atoms with Crippen molar-refractivity contribution in [3.8, 4) is 0 Å².